The lowest BCUT2D eigenvalue weighted by molar-refractivity contribution is 0.617. The number of hydrogen-bond acceptors (Lipinski definition) is 2. The Kier molecular flexibility index (Phi) is 3.36. The van der Waals surface area contributed by atoms with Gasteiger partial charge in [0.2, 0.25) is 0 Å². The van der Waals surface area contributed by atoms with Gasteiger partial charge in [-0.25, -0.2) is 4.39 Å². The fourth-order valence-corrected chi connectivity index (χ4v) is 1.85. The van der Waals surface area contributed by atoms with E-state index in [1.807, 2.05) is 6.20 Å². The maximum atomic E-state index is 13.0. The Morgan fingerprint density at radius 1 is 1.38 bits per heavy atom. The molecule has 1 heterocycles. The average Bonchev–Trinajstić information content (AvgIpc) is 2.71. The number of nitrogens with two attached hydrogens (primary N) is 1. The second-order valence-corrected chi connectivity index (χ2v) is 4.35. The van der Waals surface area contributed by atoms with Crippen LogP contribution in [-0.4, -0.2) is 9.78 Å². The molecule has 0 bridgehead atoms. The van der Waals surface area contributed by atoms with Gasteiger partial charge in [0.1, 0.15) is 5.82 Å². The molecule has 0 amide bonds. The van der Waals surface area contributed by atoms with E-state index in [0.29, 0.717) is 17.6 Å². The van der Waals surface area contributed by atoms with Crippen LogP contribution in [0.2, 0.25) is 0 Å². The Morgan fingerprint density at radius 2 is 2.19 bits per heavy atom. The van der Waals surface area contributed by atoms with Crippen molar-refractivity contribution in [2.75, 3.05) is 0 Å². The van der Waals surface area contributed by atoms with Crippen LogP contribution in [0.1, 0.15) is 11.1 Å². The lowest BCUT2D eigenvalue weighted by Crippen LogP contribution is -2.00. The fourth-order valence-electron chi connectivity index (χ4n) is 1.42. The second kappa shape index (κ2) is 4.76. The SMILES string of the molecule is NCc1cnn(Cc2ccc(F)c(Br)c2)c1. The van der Waals surface area contributed by atoms with Crippen molar-refractivity contribution in [2.45, 2.75) is 13.1 Å². The van der Waals surface area contributed by atoms with Crippen molar-refractivity contribution in [1.82, 2.24) is 9.78 Å². The van der Waals surface area contributed by atoms with E-state index in [0.717, 1.165) is 11.1 Å². The number of hydrogen-bond donors (Lipinski definition) is 1. The summed E-state index contributed by atoms with van der Waals surface area (Å²) in [7, 11) is 0. The quantitative estimate of drug-likeness (QED) is 0.939. The molecule has 0 atom stereocenters. The third-order valence-corrected chi connectivity index (χ3v) is 2.86. The zero-order chi connectivity index (χ0) is 11.5. The van der Waals surface area contributed by atoms with Gasteiger partial charge in [-0.3, -0.25) is 4.68 Å². The largest absolute Gasteiger partial charge is 0.326 e. The van der Waals surface area contributed by atoms with Gasteiger partial charge < -0.3 is 5.73 Å². The summed E-state index contributed by atoms with van der Waals surface area (Å²) in [5.41, 5.74) is 7.46. The molecule has 0 aliphatic rings. The summed E-state index contributed by atoms with van der Waals surface area (Å²) in [5.74, 6) is -0.258. The third kappa shape index (κ3) is 2.48. The van der Waals surface area contributed by atoms with E-state index in [9.17, 15) is 4.39 Å². The van der Waals surface area contributed by atoms with Crippen molar-refractivity contribution in [3.8, 4) is 0 Å². The van der Waals surface area contributed by atoms with Gasteiger partial charge in [-0.1, -0.05) is 6.07 Å². The van der Waals surface area contributed by atoms with Crippen molar-refractivity contribution in [3.63, 3.8) is 0 Å². The zero-order valence-corrected chi connectivity index (χ0v) is 10.1. The van der Waals surface area contributed by atoms with Crippen LogP contribution in [0.5, 0.6) is 0 Å². The Bertz CT molecular complexity index is 496. The average molecular weight is 284 g/mol. The molecule has 0 aliphatic heterocycles. The van der Waals surface area contributed by atoms with Crippen molar-refractivity contribution in [3.05, 3.63) is 52.0 Å². The van der Waals surface area contributed by atoms with E-state index in [2.05, 4.69) is 21.0 Å². The Labute approximate surface area is 101 Å². The molecule has 84 valence electrons. The number of nitrogens with zero attached hydrogens (tertiary/aromatic N) is 2. The first-order chi connectivity index (χ1) is 7.69. The molecule has 2 aromatic rings. The van der Waals surface area contributed by atoms with E-state index < -0.39 is 0 Å². The van der Waals surface area contributed by atoms with Gasteiger partial charge in [0.05, 0.1) is 17.2 Å². The lowest BCUT2D eigenvalue weighted by atomic mass is 10.2. The molecule has 0 spiro atoms. The van der Waals surface area contributed by atoms with Gasteiger partial charge >= 0.3 is 0 Å². The minimum Gasteiger partial charge on any atom is -0.326 e. The summed E-state index contributed by atoms with van der Waals surface area (Å²) < 4.78 is 15.3. The lowest BCUT2D eigenvalue weighted by Gasteiger charge is -2.03. The Hall–Kier alpha value is -1.20. The molecule has 0 saturated carbocycles. The van der Waals surface area contributed by atoms with Gasteiger partial charge in [0, 0.05) is 18.3 Å². The molecule has 0 aliphatic carbocycles. The van der Waals surface area contributed by atoms with E-state index in [-0.39, 0.29) is 5.82 Å². The summed E-state index contributed by atoms with van der Waals surface area (Å²) >= 11 is 3.15. The first-order valence-electron chi connectivity index (χ1n) is 4.84. The van der Waals surface area contributed by atoms with Gasteiger partial charge in [0.25, 0.3) is 0 Å². The van der Waals surface area contributed by atoms with E-state index in [4.69, 9.17) is 5.73 Å². The van der Waals surface area contributed by atoms with Gasteiger partial charge in [-0.05, 0) is 33.6 Å². The highest BCUT2D eigenvalue weighted by Crippen LogP contribution is 2.17. The summed E-state index contributed by atoms with van der Waals surface area (Å²) in [6.45, 7) is 1.09. The minimum absolute atomic E-state index is 0.258. The molecule has 2 rings (SSSR count). The van der Waals surface area contributed by atoms with Crippen LogP contribution < -0.4 is 5.73 Å². The molecule has 0 unspecified atom stereocenters. The molecule has 1 aromatic heterocycles. The summed E-state index contributed by atoms with van der Waals surface area (Å²) in [6, 6.07) is 4.93. The smallest absolute Gasteiger partial charge is 0.137 e. The highest BCUT2D eigenvalue weighted by Gasteiger charge is 2.02. The molecule has 1 aromatic carbocycles. The molecule has 3 nitrogen and oxygen atoms in total. The molecule has 2 N–H and O–H groups in total. The van der Waals surface area contributed by atoms with Crippen LogP contribution in [0, 0.1) is 5.82 Å². The van der Waals surface area contributed by atoms with Gasteiger partial charge in [-0.2, -0.15) is 5.10 Å². The summed E-state index contributed by atoms with van der Waals surface area (Å²) in [5, 5.41) is 4.16. The van der Waals surface area contributed by atoms with Crippen LogP contribution in [-0.2, 0) is 13.1 Å². The second-order valence-electron chi connectivity index (χ2n) is 3.50. The molecule has 5 heteroatoms. The molecule has 0 radical (unpaired) electrons. The monoisotopic (exact) mass is 283 g/mol. The molecular weight excluding hydrogens is 273 g/mol. The normalized spacial score (nSPS) is 10.7. The van der Waals surface area contributed by atoms with Gasteiger partial charge in [0.15, 0.2) is 0 Å². The van der Waals surface area contributed by atoms with Crippen LogP contribution in [0.3, 0.4) is 0 Å². The maximum absolute atomic E-state index is 13.0. The topological polar surface area (TPSA) is 43.8 Å². The predicted octanol–water partition coefficient (Wildman–Crippen LogP) is 2.29. The highest BCUT2D eigenvalue weighted by atomic mass is 79.9. The van der Waals surface area contributed by atoms with Crippen LogP contribution in [0.4, 0.5) is 4.39 Å². The standard InChI is InChI=1S/C11H11BrFN3/c12-10-3-8(1-2-11(10)13)6-16-7-9(4-14)5-15-16/h1-3,5,7H,4,6,14H2. The van der Waals surface area contributed by atoms with Crippen molar-refractivity contribution >= 4 is 15.9 Å². The fraction of sp³-hybridized carbons (Fsp3) is 0.182. The number of aromatic nitrogens is 2. The van der Waals surface area contributed by atoms with E-state index in [1.165, 1.54) is 6.07 Å². The molecule has 16 heavy (non-hydrogen) atoms. The number of rotatable bonds is 3. The Balaban J connectivity index is 2.17. The maximum Gasteiger partial charge on any atom is 0.137 e. The summed E-state index contributed by atoms with van der Waals surface area (Å²) in [6.07, 6.45) is 3.62. The third-order valence-electron chi connectivity index (χ3n) is 2.25. The van der Waals surface area contributed by atoms with E-state index in [1.54, 1.807) is 23.0 Å². The zero-order valence-electron chi connectivity index (χ0n) is 8.53. The van der Waals surface area contributed by atoms with Gasteiger partial charge in [-0.15, -0.1) is 0 Å². The van der Waals surface area contributed by atoms with Crippen LogP contribution >= 0.6 is 15.9 Å². The summed E-state index contributed by atoms with van der Waals surface area (Å²) in [4.78, 5) is 0. The van der Waals surface area contributed by atoms with Crippen molar-refractivity contribution in [2.24, 2.45) is 5.73 Å². The van der Waals surface area contributed by atoms with Crippen LogP contribution in [0.25, 0.3) is 0 Å². The van der Waals surface area contributed by atoms with Crippen LogP contribution in [0.15, 0.2) is 35.1 Å². The first kappa shape index (κ1) is 11.3. The molecular formula is C11H11BrFN3. The molecule has 0 saturated heterocycles. The predicted molar refractivity (Wildman–Crippen MR) is 63.3 cm³/mol. The van der Waals surface area contributed by atoms with Crippen molar-refractivity contribution in [1.29, 1.82) is 0 Å². The Morgan fingerprint density at radius 3 is 2.81 bits per heavy atom. The number of benzene rings is 1. The minimum atomic E-state index is -0.258. The highest BCUT2D eigenvalue weighted by molar-refractivity contribution is 9.10. The number of halogens is 2. The van der Waals surface area contributed by atoms with Crippen molar-refractivity contribution < 1.29 is 4.39 Å². The van der Waals surface area contributed by atoms with E-state index >= 15 is 0 Å². The molecule has 0 fully saturated rings. The first-order valence-corrected chi connectivity index (χ1v) is 5.63.